The SMILES string of the molecule is CC[C@H](C)CCCC[C@H](C)O. The lowest BCUT2D eigenvalue weighted by Crippen LogP contribution is -1.99. The lowest BCUT2D eigenvalue weighted by atomic mass is 10.0. The fraction of sp³-hybridized carbons (Fsp3) is 1.00. The highest BCUT2D eigenvalue weighted by atomic mass is 16.3. The van der Waals surface area contributed by atoms with Crippen LogP contribution in [-0.4, -0.2) is 11.2 Å². The van der Waals surface area contributed by atoms with Gasteiger partial charge in [0.05, 0.1) is 6.10 Å². The van der Waals surface area contributed by atoms with Crippen LogP contribution in [0, 0.1) is 5.92 Å². The van der Waals surface area contributed by atoms with Crippen LogP contribution in [0.1, 0.15) is 52.9 Å². The molecule has 0 spiro atoms. The molecule has 1 nitrogen and oxygen atoms in total. The Morgan fingerprint density at radius 1 is 1.09 bits per heavy atom. The Hall–Kier alpha value is -0.0400. The van der Waals surface area contributed by atoms with E-state index in [-0.39, 0.29) is 6.10 Å². The Balaban J connectivity index is 3.01. The number of unbranched alkanes of at least 4 members (excludes halogenated alkanes) is 1. The van der Waals surface area contributed by atoms with Crippen molar-refractivity contribution in [3.8, 4) is 0 Å². The second-order valence-electron chi connectivity index (χ2n) is 3.65. The summed E-state index contributed by atoms with van der Waals surface area (Å²) in [6, 6.07) is 0. The number of aliphatic hydroxyl groups is 1. The van der Waals surface area contributed by atoms with Crippen LogP contribution in [-0.2, 0) is 0 Å². The second-order valence-corrected chi connectivity index (χ2v) is 3.65. The van der Waals surface area contributed by atoms with Crippen LogP contribution in [0.3, 0.4) is 0 Å². The van der Waals surface area contributed by atoms with Crippen LogP contribution in [0.5, 0.6) is 0 Å². The van der Waals surface area contributed by atoms with Crippen molar-refractivity contribution in [1.29, 1.82) is 0 Å². The maximum absolute atomic E-state index is 8.97. The number of rotatable bonds is 6. The zero-order chi connectivity index (χ0) is 8.69. The van der Waals surface area contributed by atoms with Crippen LogP contribution >= 0.6 is 0 Å². The van der Waals surface area contributed by atoms with Crippen molar-refractivity contribution < 1.29 is 5.11 Å². The predicted octanol–water partition coefficient (Wildman–Crippen LogP) is 2.97. The minimum absolute atomic E-state index is 0.105. The van der Waals surface area contributed by atoms with Gasteiger partial charge in [-0.2, -0.15) is 0 Å². The quantitative estimate of drug-likeness (QED) is 0.589. The first-order chi connectivity index (χ1) is 5.16. The topological polar surface area (TPSA) is 20.2 Å². The van der Waals surface area contributed by atoms with Crippen molar-refractivity contribution in [3.05, 3.63) is 0 Å². The summed E-state index contributed by atoms with van der Waals surface area (Å²) < 4.78 is 0. The van der Waals surface area contributed by atoms with E-state index < -0.39 is 0 Å². The van der Waals surface area contributed by atoms with Crippen LogP contribution in [0.2, 0.25) is 0 Å². The van der Waals surface area contributed by atoms with Gasteiger partial charge in [-0.05, 0) is 19.3 Å². The van der Waals surface area contributed by atoms with E-state index in [1.54, 1.807) is 0 Å². The van der Waals surface area contributed by atoms with Gasteiger partial charge in [-0.25, -0.2) is 0 Å². The highest BCUT2D eigenvalue weighted by molar-refractivity contribution is 4.52. The number of hydrogen-bond donors (Lipinski definition) is 1. The number of hydrogen-bond acceptors (Lipinski definition) is 1. The molecule has 0 aliphatic rings. The van der Waals surface area contributed by atoms with E-state index in [4.69, 9.17) is 5.11 Å². The summed E-state index contributed by atoms with van der Waals surface area (Å²) in [4.78, 5) is 0. The molecule has 0 aromatic carbocycles. The summed E-state index contributed by atoms with van der Waals surface area (Å²) in [6.45, 7) is 6.39. The molecule has 0 aromatic heterocycles. The molecule has 0 saturated carbocycles. The molecule has 0 bridgehead atoms. The lowest BCUT2D eigenvalue weighted by Gasteiger charge is -2.08. The fourth-order valence-corrected chi connectivity index (χ4v) is 1.14. The third-order valence-electron chi connectivity index (χ3n) is 2.27. The highest BCUT2D eigenvalue weighted by Crippen LogP contribution is 2.12. The van der Waals surface area contributed by atoms with E-state index >= 15 is 0 Å². The van der Waals surface area contributed by atoms with Gasteiger partial charge >= 0.3 is 0 Å². The van der Waals surface area contributed by atoms with Gasteiger partial charge < -0.3 is 5.11 Å². The zero-order valence-electron chi connectivity index (χ0n) is 8.14. The Morgan fingerprint density at radius 2 is 1.64 bits per heavy atom. The van der Waals surface area contributed by atoms with Gasteiger partial charge in [0.2, 0.25) is 0 Å². The Morgan fingerprint density at radius 3 is 2.09 bits per heavy atom. The average Bonchev–Trinajstić information content (AvgIpc) is 1.97. The van der Waals surface area contributed by atoms with Crippen molar-refractivity contribution in [1.82, 2.24) is 0 Å². The van der Waals surface area contributed by atoms with E-state index in [2.05, 4.69) is 13.8 Å². The average molecular weight is 158 g/mol. The van der Waals surface area contributed by atoms with Crippen LogP contribution < -0.4 is 0 Å². The van der Waals surface area contributed by atoms with Gasteiger partial charge in [-0.15, -0.1) is 0 Å². The molecule has 11 heavy (non-hydrogen) atoms. The van der Waals surface area contributed by atoms with Crippen LogP contribution in [0.4, 0.5) is 0 Å². The third kappa shape index (κ3) is 7.86. The molecular weight excluding hydrogens is 136 g/mol. The summed E-state index contributed by atoms with van der Waals surface area (Å²) >= 11 is 0. The molecule has 1 heteroatoms. The molecule has 0 aliphatic carbocycles. The van der Waals surface area contributed by atoms with Gasteiger partial charge in [0.1, 0.15) is 0 Å². The van der Waals surface area contributed by atoms with Gasteiger partial charge in [0, 0.05) is 0 Å². The molecule has 68 valence electrons. The van der Waals surface area contributed by atoms with Gasteiger partial charge in [-0.1, -0.05) is 39.5 Å². The predicted molar refractivity (Wildman–Crippen MR) is 49.6 cm³/mol. The Labute approximate surface area is 70.8 Å². The fourth-order valence-electron chi connectivity index (χ4n) is 1.14. The molecule has 1 N–H and O–H groups in total. The summed E-state index contributed by atoms with van der Waals surface area (Å²) in [5, 5.41) is 8.97. The Kier molecular flexibility index (Phi) is 6.63. The molecule has 2 atom stereocenters. The van der Waals surface area contributed by atoms with Crippen molar-refractivity contribution in [2.24, 2.45) is 5.92 Å². The smallest absolute Gasteiger partial charge is 0.0512 e. The summed E-state index contributed by atoms with van der Waals surface area (Å²) in [5.74, 6) is 0.865. The number of aliphatic hydroxyl groups excluding tert-OH is 1. The molecule has 0 aliphatic heterocycles. The molecule has 0 unspecified atom stereocenters. The standard InChI is InChI=1S/C10H22O/c1-4-9(2)7-5-6-8-10(3)11/h9-11H,4-8H2,1-3H3/t9-,10-/m0/s1. The van der Waals surface area contributed by atoms with Crippen molar-refractivity contribution in [2.45, 2.75) is 59.0 Å². The first-order valence-electron chi connectivity index (χ1n) is 4.84. The summed E-state index contributed by atoms with van der Waals surface area (Å²) in [7, 11) is 0. The van der Waals surface area contributed by atoms with E-state index in [1.807, 2.05) is 6.92 Å². The molecule has 0 saturated heterocycles. The van der Waals surface area contributed by atoms with E-state index in [9.17, 15) is 0 Å². The molecule has 0 aromatic rings. The summed E-state index contributed by atoms with van der Waals surface area (Å²) in [6.07, 6.45) is 5.93. The van der Waals surface area contributed by atoms with Gasteiger partial charge in [0.25, 0.3) is 0 Å². The maximum Gasteiger partial charge on any atom is 0.0512 e. The normalized spacial score (nSPS) is 16.4. The molecule has 0 rings (SSSR count). The first-order valence-corrected chi connectivity index (χ1v) is 4.84. The third-order valence-corrected chi connectivity index (χ3v) is 2.27. The molecular formula is C10H22O. The maximum atomic E-state index is 8.97. The minimum Gasteiger partial charge on any atom is -0.393 e. The summed E-state index contributed by atoms with van der Waals surface area (Å²) in [5.41, 5.74) is 0. The zero-order valence-corrected chi connectivity index (χ0v) is 8.14. The van der Waals surface area contributed by atoms with Crippen molar-refractivity contribution in [2.75, 3.05) is 0 Å². The molecule has 0 heterocycles. The van der Waals surface area contributed by atoms with Crippen molar-refractivity contribution in [3.63, 3.8) is 0 Å². The van der Waals surface area contributed by atoms with Crippen molar-refractivity contribution >= 4 is 0 Å². The Bertz CT molecular complexity index is 78.9. The van der Waals surface area contributed by atoms with E-state index in [1.165, 1.54) is 25.7 Å². The second kappa shape index (κ2) is 6.66. The first kappa shape index (κ1) is 11.0. The highest BCUT2D eigenvalue weighted by Gasteiger charge is 1.99. The van der Waals surface area contributed by atoms with Gasteiger partial charge in [-0.3, -0.25) is 0 Å². The largest absolute Gasteiger partial charge is 0.393 e. The van der Waals surface area contributed by atoms with E-state index in [0.29, 0.717) is 0 Å². The monoisotopic (exact) mass is 158 g/mol. The lowest BCUT2D eigenvalue weighted by molar-refractivity contribution is 0.179. The van der Waals surface area contributed by atoms with Crippen LogP contribution in [0.25, 0.3) is 0 Å². The minimum atomic E-state index is -0.105. The molecule has 0 amide bonds. The van der Waals surface area contributed by atoms with E-state index in [0.717, 1.165) is 12.3 Å². The molecule has 0 radical (unpaired) electrons. The molecule has 0 fully saturated rings. The van der Waals surface area contributed by atoms with Gasteiger partial charge in [0.15, 0.2) is 0 Å². The van der Waals surface area contributed by atoms with Crippen LogP contribution in [0.15, 0.2) is 0 Å².